The molecule has 0 radical (unpaired) electrons. The first-order valence-electron chi connectivity index (χ1n) is 7.75. The zero-order valence-corrected chi connectivity index (χ0v) is 12.5. The van der Waals surface area contributed by atoms with Crippen LogP contribution in [-0.2, 0) is 0 Å². The Bertz CT molecular complexity index is 423. The summed E-state index contributed by atoms with van der Waals surface area (Å²) in [6, 6.07) is 9.04. The van der Waals surface area contributed by atoms with Gasteiger partial charge in [0, 0.05) is 50.1 Å². The first-order valence-corrected chi connectivity index (χ1v) is 7.75. The SMILES string of the molecule is CN1CCCC1CN1CCN(c2ccc(N)cc2)CC1. The lowest BCUT2D eigenvalue weighted by molar-refractivity contribution is 0.185. The van der Waals surface area contributed by atoms with Crippen LogP contribution in [-0.4, -0.2) is 62.2 Å². The quantitative estimate of drug-likeness (QED) is 0.847. The molecule has 110 valence electrons. The molecule has 0 aromatic heterocycles. The molecule has 1 aromatic rings. The van der Waals surface area contributed by atoms with Crippen molar-refractivity contribution in [3.63, 3.8) is 0 Å². The van der Waals surface area contributed by atoms with Crippen molar-refractivity contribution in [3.8, 4) is 0 Å². The van der Waals surface area contributed by atoms with E-state index < -0.39 is 0 Å². The number of hydrogen-bond acceptors (Lipinski definition) is 4. The van der Waals surface area contributed by atoms with E-state index in [0.717, 1.165) is 24.8 Å². The van der Waals surface area contributed by atoms with E-state index >= 15 is 0 Å². The Labute approximate surface area is 122 Å². The molecule has 2 fully saturated rings. The third-order valence-electron chi connectivity index (χ3n) is 4.77. The molecule has 0 saturated carbocycles. The van der Waals surface area contributed by atoms with Gasteiger partial charge in [0.1, 0.15) is 0 Å². The summed E-state index contributed by atoms with van der Waals surface area (Å²) in [4.78, 5) is 7.61. The highest BCUT2D eigenvalue weighted by Gasteiger charge is 2.25. The molecule has 2 saturated heterocycles. The number of likely N-dealkylation sites (N-methyl/N-ethyl adjacent to an activating group) is 1. The minimum Gasteiger partial charge on any atom is -0.399 e. The molecule has 4 heteroatoms. The second-order valence-corrected chi connectivity index (χ2v) is 6.16. The Balaban J connectivity index is 1.50. The predicted molar refractivity (Wildman–Crippen MR) is 85.2 cm³/mol. The van der Waals surface area contributed by atoms with Crippen molar-refractivity contribution in [1.82, 2.24) is 9.80 Å². The van der Waals surface area contributed by atoms with Gasteiger partial charge in [-0.25, -0.2) is 0 Å². The second kappa shape index (κ2) is 6.02. The number of likely N-dealkylation sites (tertiary alicyclic amines) is 1. The summed E-state index contributed by atoms with van der Waals surface area (Å²) >= 11 is 0. The van der Waals surface area contributed by atoms with Crippen LogP contribution < -0.4 is 10.6 Å². The Morgan fingerprint density at radius 3 is 2.35 bits per heavy atom. The van der Waals surface area contributed by atoms with Gasteiger partial charge in [0.2, 0.25) is 0 Å². The molecular weight excluding hydrogens is 248 g/mol. The van der Waals surface area contributed by atoms with Gasteiger partial charge in [0.05, 0.1) is 0 Å². The summed E-state index contributed by atoms with van der Waals surface area (Å²) in [5, 5.41) is 0. The maximum Gasteiger partial charge on any atom is 0.0368 e. The number of benzene rings is 1. The lowest BCUT2D eigenvalue weighted by Gasteiger charge is -2.38. The standard InChI is InChI=1S/C16H26N4/c1-18-8-2-3-16(18)13-19-9-11-20(12-10-19)15-6-4-14(17)5-7-15/h4-7,16H,2-3,8-13,17H2,1H3. The zero-order chi connectivity index (χ0) is 13.9. The van der Waals surface area contributed by atoms with Crippen molar-refractivity contribution in [2.45, 2.75) is 18.9 Å². The molecular formula is C16H26N4. The van der Waals surface area contributed by atoms with Gasteiger partial charge in [-0.2, -0.15) is 0 Å². The van der Waals surface area contributed by atoms with Crippen LogP contribution in [0.4, 0.5) is 11.4 Å². The molecule has 2 heterocycles. The first-order chi connectivity index (χ1) is 9.72. The van der Waals surface area contributed by atoms with Crippen LogP contribution >= 0.6 is 0 Å². The molecule has 0 bridgehead atoms. The zero-order valence-electron chi connectivity index (χ0n) is 12.5. The van der Waals surface area contributed by atoms with Crippen LogP contribution in [0.5, 0.6) is 0 Å². The van der Waals surface area contributed by atoms with Crippen molar-refractivity contribution in [2.24, 2.45) is 0 Å². The Hall–Kier alpha value is -1.26. The van der Waals surface area contributed by atoms with Crippen molar-refractivity contribution in [2.75, 3.05) is 56.9 Å². The van der Waals surface area contributed by atoms with Gasteiger partial charge in [-0.05, 0) is 50.7 Å². The fraction of sp³-hybridized carbons (Fsp3) is 0.625. The van der Waals surface area contributed by atoms with Gasteiger partial charge >= 0.3 is 0 Å². The molecule has 0 spiro atoms. The van der Waals surface area contributed by atoms with Gasteiger partial charge in [-0.3, -0.25) is 4.90 Å². The van der Waals surface area contributed by atoms with Crippen LogP contribution in [0.15, 0.2) is 24.3 Å². The van der Waals surface area contributed by atoms with Crippen molar-refractivity contribution >= 4 is 11.4 Å². The van der Waals surface area contributed by atoms with Crippen LogP contribution in [0, 0.1) is 0 Å². The Kier molecular flexibility index (Phi) is 4.13. The lowest BCUT2D eigenvalue weighted by atomic mass is 10.2. The van der Waals surface area contributed by atoms with Gasteiger partial charge in [-0.15, -0.1) is 0 Å². The van der Waals surface area contributed by atoms with Crippen LogP contribution in [0.25, 0.3) is 0 Å². The first kappa shape index (κ1) is 13.7. The van der Waals surface area contributed by atoms with Gasteiger partial charge < -0.3 is 15.5 Å². The molecule has 1 aromatic carbocycles. The van der Waals surface area contributed by atoms with E-state index in [1.165, 1.54) is 44.7 Å². The molecule has 0 aliphatic carbocycles. The topological polar surface area (TPSA) is 35.7 Å². The lowest BCUT2D eigenvalue weighted by Crippen LogP contribution is -2.50. The highest BCUT2D eigenvalue weighted by atomic mass is 15.3. The summed E-state index contributed by atoms with van der Waals surface area (Å²) in [5.74, 6) is 0. The number of hydrogen-bond donors (Lipinski definition) is 1. The van der Waals surface area contributed by atoms with Crippen LogP contribution in [0.1, 0.15) is 12.8 Å². The average molecular weight is 274 g/mol. The molecule has 2 N–H and O–H groups in total. The minimum atomic E-state index is 0.776. The van der Waals surface area contributed by atoms with Crippen molar-refractivity contribution in [3.05, 3.63) is 24.3 Å². The fourth-order valence-electron chi connectivity index (χ4n) is 3.38. The molecule has 3 rings (SSSR count). The number of nitrogens with two attached hydrogens (primary N) is 1. The van der Waals surface area contributed by atoms with Gasteiger partial charge in [-0.1, -0.05) is 0 Å². The fourth-order valence-corrected chi connectivity index (χ4v) is 3.38. The maximum absolute atomic E-state index is 5.75. The van der Waals surface area contributed by atoms with E-state index in [9.17, 15) is 0 Å². The van der Waals surface area contributed by atoms with Crippen LogP contribution in [0.2, 0.25) is 0 Å². The minimum absolute atomic E-state index is 0.776. The normalized spacial score (nSPS) is 25.2. The molecule has 0 amide bonds. The number of nitrogens with zero attached hydrogens (tertiary/aromatic N) is 3. The number of rotatable bonds is 3. The van der Waals surface area contributed by atoms with E-state index in [0.29, 0.717) is 0 Å². The Morgan fingerprint density at radius 2 is 1.75 bits per heavy atom. The molecule has 1 atom stereocenters. The summed E-state index contributed by atoms with van der Waals surface area (Å²) < 4.78 is 0. The summed E-state index contributed by atoms with van der Waals surface area (Å²) in [6.45, 7) is 7.12. The van der Waals surface area contributed by atoms with E-state index in [1.54, 1.807) is 0 Å². The third kappa shape index (κ3) is 3.07. The average Bonchev–Trinajstić information content (AvgIpc) is 2.86. The summed E-state index contributed by atoms with van der Waals surface area (Å²) in [7, 11) is 2.27. The molecule has 2 aliphatic rings. The molecule has 1 unspecified atom stereocenters. The molecule has 4 nitrogen and oxygen atoms in total. The number of piperazine rings is 1. The number of anilines is 2. The smallest absolute Gasteiger partial charge is 0.0368 e. The summed E-state index contributed by atoms with van der Waals surface area (Å²) in [5.41, 5.74) is 7.90. The monoisotopic (exact) mass is 274 g/mol. The molecule has 2 aliphatic heterocycles. The van der Waals surface area contributed by atoms with E-state index in [4.69, 9.17) is 5.73 Å². The van der Waals surface area contributed by atoms with E-state index in [-0.39, 0.29) is 0 Å². The highest BCUT2D eigenvalue weighted by Crippen LogP contribution is 2.20. The van der Waals surface area contributed by atoms with E-state index in [1.807, 2.05) is 12.1 Å². The largest absolute Gasteiger partial charge is 0.399 e. The summed E-state index contributed by atoms with van der Waals surface area (Å²) in [6.07, 6.45) is 2.74. The third-order valence-corrected chi connectivity index (χ3v) is 4.77. The number of nitrogen functional groups attached to an aromatic ring is 1. The van der Waals surface area contributed by atoms with Gasteiger partial charge in [0.25, 0.3) is 0 Å². The second-order valence-electron chi connectivity index (χ2n) is 6.16. The molecule has 20 heavy (non-hydrogen) atoms. The van der Waals surface area contributed by atoms with Crippen LogP contribution in [0.3, 0.4) is 0 Å². The Morgan fingerprint density at radius 1 is 1.05 bits per heavy atom. The predicted octanol–water partition coefficient (Wildman–Crippen LogP) is 1.48. The van der Waals surface area contributed by atoms with E-state index in [2.05, 4.69) is 33.9 Å². The highest BCUT2D eigenvalue weighted by molar-refractivity contribution is 5.53. The van der Waals surface area contributed by atoms with Gasteiger partial charge in [0.15, 0.2) is 0 Å². The maximum atomic E-state index is 5.75. The van der Waals surface area contributed by atoms with Crippen molar-refractivity contribution < 1.29 is 0 Å². The van der Waals surface area contributed by atoms with Crippen molar-refractivity contribution in [1.29, 1.82) is 0 Å².